The molecule has 6 heterocycles. The third-order valence-corrected chi connectivity index (χ3v) is 11.0. The molecule has 6 fully saturated rings. The predicted molar refractivity (Wildman–Crippen MR) is 204 cm³/mol. The van der Waals surface area contributed by atoms with E-state index in [1.165, 1.54) is 5.57 Å². The van der Waals surface area contributed by atoms with Crippen molar-refractivity contribution in [3.8, 4) is 0 Å². The third-order valence-electron chi connectivity index (χ3n) is 11.0. The van der Waals surface area contributed by atoms with Crippen LogP contribution in [0.3, 0.4) is 0 Å². The van der Waals surface area contributed by atoms with Gasteiger partial charge in [-0.2, -0.15) is 0 Å². The van der Waals surface area contributed by atoms with Crippen LogP contribution in [0, 0.1) is 17.8 Å². The highest BCUT2D eigenvalue weighted by atomic mass is 16.7. The van der Waals surface area contributed by atoms with E-state index in [0.29, 0.717) is 64.8 Å². The number of ketones is 1. The lowest BCUT2D eigenvalue weighted by molar-refractivity contribution is -0.307. The quantitative estimate of drug-likeness (QED) is 0.254. The number of fused-ring (bicyclic) bond motifs is 1. The Labute approximate surface area is 319 Å². The summed E-state index contributed by atoms with van der Waals surface area (Å²) in [5.41, 5.74) is 7.31. The molecule has 0 radical (unpaired) electrons. The minimum atomic E-state index is -0.751. The molecule has 0 amide bonds. The number of Topliss-reactive ketones (excluding diaryl/α,β-unsaturated/α-hetero) is 1. The molecule has 0 aromatic carbocycles. The maximum atomic E-state index is 13.0. The van der Waals surface area contributed by atoms with Crippen LogP contribution in [0.15, 0.2) is 24.3 Å². The van der Waals surface area contributed by atoms with Gasteiger partial charge in [-0.3, -0.25) is 4.79 Å². The maximum Gasteiger partial charge on any atom is 0.171 e. The fraction of sp³-hybridized carbons (Fsp3) is 0.878. The molecule has 6 aliphatic heterocycles. The van der Waals surface area contributed by atoms with Crippen molar-refractivity contribution in [2.24, 2.45) is 23.5 Å². The fourth-order valence-electron chi connectivity index (χ4n) is 7.52. The number of carbonyl (C=O) groups is 1. The summed E-state index contributed by atoms with van der Waals surface area (Å²) in [6.07, 6.45) is 5.98. The summed E-state index contributed by atoms with van der Waals surface area (Å²) in [4.78, 5) is 13.0. The first-order chi connectivity index (χ1) is 25.4. The molecular weight excluding hydrogens is 682 g/mol. The van der Waals surface area contributed by atoms with Gasteiger partial charge in [0.1, 0.15) is 11.9 Å². The van der Waals surface area contributed by atoms with Gasteiger partial charge in [-0.05, 0) is 56.1 Å². The normalized spacial score (nSPS) is 37.3. The zero-order valence-corrected chi connectivity index (χ0v) is 33.9. The van der Waals surface area contributed by atoms with Gasteiger partial charge in [-0.15, -0.1) is 0 Å². The molecule has 6 saturated heterocycles. The summed E-state index contributed by atoms with van der Waals surface area (Å²) >= 11 is 0. The Kier molecular flexibility index (Phi) is 20.6. The Morgan fingerprint density at radius 1 is 0.981 bits per heavy atom. The molecule has 0 aliphatic carbocycles. The molecule has 12 heteroatoms. The van der Waals surface area contributed by atoms with Crippen LogP contribution in [-0.4, -0.2) is 133 Å². The largest absolute Gasteiger partial charge is 0.392 e. The SMILES string of the molecule is C=C1COC(CCC2(OC3C(C)COC4CCC(CC(=O)CC5COC[C@@H]5OC)OC43)C[C@@H](OC)CO2)C1.C=C1COCC[C@H]1C.CC.CC(O)CN. The number of nitrogens with two attached hydrogens (primary N) is 1. The molecule has 0 spiro atoms. The van der Waals surface area contributed by atoms with Crippen LogP contribution in [0.1, 0.15) is 92.4 Å². The molecular formula is C41H73NO11. The van der Waals surface area contributed by atoms with Crippen LogP contribution < -0.4 is 5.73 Å². The molecule has 6 rings (SSSR count). The second-order valence-electron chi connectivity index (χ2n) is 15.4. The molecule has 308 valence electrons. The highest BCUT2D eigenvalue weighted by Crippen LogP contribution is 2.42. The predicted octanol–water partition coefficient (Wildman–Crippen LogP) is 5.17. The zero-order chi connectivity index (χ0) is 39.0. The van der Waals surface area contributed by atoms with E-state index in [4.69, 9.17) is 53.5 Å². The summed E-state index contributed by atoms with van der Waals surface area (Å²) in [7, 11) is 3.40. The average Bonchev–Trinajstić information content (AvgIpc) is 3.91. The molecule has 53 heavy (non-hydrogen) atoms. The number of carbonyl (C=O) groups excluding carboxylic acids is 1. The number of ether oxygens (including phenoxy) is 9. The van der Waals surface area contributed by atoms with E-state index >= 15 is 0 Å². The summed E-state index contributed by atoms with van der Waals surface area (Å²) in [5.74, 6) is 0.382. The zero-order valence-electron chi connectivity index (χ0n) is 33.9. The van der Waals surface area contributed by atoms with Crippen molar-refractivity contribution in [2.45, 2.75) is 147 Å². The second kappa shape index (κ2) is 23.7. The van der Waals surface area contributed by atoms with Crippen LogP contribution in [0.5, 0.6) is 0 Å². The first-order valence-corrected chi connectivity index (χ1v) is 20.1. The molecule has 12 atom stereocenters. The van der Waals surface area contributed by atoms with Gasteiger partial charge < -0.3 is 53.5 Å². The Morgan fingerprint density at radius 3 is 2.32 bits per heavy atom. The third kappa shape index (κ3) is 14.6. The van der Waals surface area contributed by atoms with Gasteiger partial charge in [0.25, 0.3) is 0 Å². The van der Waals surface area contributed by atoms with E-state index in [0.717, 1.165) is 57.3 Å². The van der Waals surface area contributed by atoms with E-state index in [1.807, 2.05) is 13.8 Å². The minimum Gasteiger partial charge on any atom is -0.392 e. The standard InChI is InChI=1S/C29H46O9.C7H12O.C3H9NO.C2H6/c1-18-9-22(34-13-18)7-8-29(12-24(31-3)16-36-29)38-27-19(2)14-35-25-6-5-23(37-28(25)27)11-21(30)10-20-15-33-17-26(20)32-4;1-6-3-4-8-5-7(6)2;1-3(5)2-4;1-2/h19-20,22-28H,1,5-17H2,2-4H3;6H,2-5H2,1H3;3,5H,2,4H2,1H3;1-2H3/t19?,20?,22?,23?,24-,25?,26+,27?,28?,29?;6-;;/m11../s1. The second-order valence-corrected chi connectivity index (χ2v) is 15.4. The Bertz CT molecular complexity index is 1090. The summed E-state index contributed by atoms with van der Waals surface area (Å²) < 4.78 is 53.8. The van der Waals surface area contributed by atoms with Gasteiger partial charge in [-0.1, -0.05) is 40.9 Å². The van der Waals surface area contributed by atoms with Gasteiger partial charge in [0.2, 0.25) is 0 Å². The van der Waals surface area contributed by atoms with Crippen molar-refractivity contribution in [3.05, 3.63) is 24.3 Å². The van der Waals surface area contributed by atoms with Gasteiger partial charge >= 0.3 is 0 Å². The van der Waals surface area contributed by atoms with Crippen molar-refractivity contribution < 1.29 is 52.5 Å². The lowest BCUT2D eigenvalue weighted by Gasteiger charge is -2.48. The molecule has 3 N–H and O–H groups in total. The van der Waals surface area contributed by atoms with Gasteiger partial charge in [-0.25, -0.2) is 0 Å². The average molecular weight is 756 g/mol. The smallest absolute Gasteiger partial charge is 0.171 e. The molecule has 12 nitrogen and oxygen atoms in total. The topological polar surface area (TPSA) is 146 Å². The summed E-state index contributed by atoms with van der Waals surface area (Å²) in [6.45, 7) is 22.9. The maximum absolute atomic E-state index is 13.0. The monoisotopic (exact) mass is 756 g/mol. The van der Waals surface area contributed by atoms with Crippen molar-refractivity contribution in [2.75, 3.05) is 67.0 Å². The number of hydrogen-bond acceptors (Lipinski definition) is 12. The van der Waals surface area contributed by atoms with Crippen LogP contribution in [0.4, 0.5) is 0 Å². The molecule has 0 aromatic rings. The fourth-order valence-corrected chi connectivity index (χ4v) is 7.52. The van der Waals surface area contributed by atoms with Crippen molar-refractivity contribution in [1.82, 2.24) is 0 Å². The van der Waals surface area contributed by atoms with E-state index in [1.54, 1.807) is 21.1 Å². The first-order valence-electron chi connectivity index (χ1n) is 20.1. The van der Waals surface area contributed by atoms with Crippen molar-refractivity contribution in [3.63, 3.8) is 0 Å². The van der Waals surface area contributed by atoms with Crippen molar-refractivity contribution >= 4 is 5.78 Å². The highest BCUT2D eigenvalue weighted by Gasteiger charge is 2.51. The molecule has 6 aliphatic rings. The minimum absolute atomic E-state index is 0.00598. The van der Waals surface area contributed by atoms with Crippen LogP contribution in [0.25, 0.3) is 0 Å². The van der Waals surface area contributed by atoms with E-state index in [2.05, 4.69) is 27.0 Å². The van der Waals surface area contributed by atoms with E-state index in [9.17, 15) is 4.79 Å². The first kappa shape index (κ1) is 46.1. The van der Waals surface area contributed by atoms with Crippen molar-refractivity contribution in [1.29, 1.82) is 0 Å². The Morgan fingerprint density at radius 2 is 1.74 bits per heavy atom. The Hall–Kier alpha value is -1.29. The van der Waals surface area contributed by atoms with Crippen LogP contribution in [-0.2, 0) is 47.4 Å². The lowest BCUT2D eigenvalue weighted by atomic mass is 9.86. The van der Waals surface area contributed by atoms with Crippen LogP contribution in [0.2, 0.25) is 0 Å². The number of rotatable bonds is 12. The molecule has 9 unspecified atom stereocenters. The van der Waals surface area contributed by atoms with Gasteiger partial charge in [0, 0.05) is 64.9 Å². The molecule has 0 bridgehead atoms. The summed E-state index contributed by atoms with van der Waals surface area (Å²) in [5, 5.41) is 8.24. The lowest BCUT2D eigenvalue weighted by Crippen LogP contribution is -2.58. The Balaban J connectivity index is 0.000000424. The number of aliphatic hydroxyl groups is 1. The number of methoxy groups -OCH3 is 2. The van der Waals surface area contributed by atoms with Crippen LogP contribution >= 0.6 is 0 Å². The van der Waals surface area contributed by atoms with E-state index in [-0.39, 0.29) is 66.5 Å². The number of aliphatic hydroxyl groups excluding tert-OH is 1. The number of hydrogen-bond donors (Lipinski definition) is 2. The summed E-state index contributed by atoms with van der Waals surface area (Å²) in [6, 6.07) is 0. The van der Waals surface area contributed by atoms with Gasteiger partial charge in [0.05, 0.1) is 82.4 Å². The van der Waals surface area contributed by atoms with Gasteiger partial charge in [0.15, 0.2) is 5.79 Å². The molecule has 0 saturated carbocycles. The molecule has 0 aromatic heterocycles. The van der Waals surface area contributed by atoms with E-state index < -0.39 is 5.79 Å². The highest BCUT2D eigenvalue weighted by molar-refractivity contribution is 5.79.